The molecule has 6 heteroatoms. The maximum absolute atomic E-state index is 10.6. The van der Waals surface area contributed by atoms with Crippen molar-refractivity contribution in [1.82, 2.24) is 5.43 Å². The zero-order valence-corrected chi connectivity index (χ0v) is 7.41. The number of hydrogen-bond donors (Lipinski definition) is 1. The first kappa shape index (κ1) is 8.84. The first-order valence-electron chi connectivity index (χ1n) is 2.63. The summed E-state index contributed by atoms with van der Waals surface area (Å²) in [5.74, 6) is 0. The highest BCUT2D eigenvalue weighted by molar-refractivity contribution is 6.72. The van der Waals surface area contributed by atoms with Gasteiger partial charge in [0.1, 0.15) is 5.17 Å². The molecule has 0 aromatic rings. The molecule has 0 aromatic carbocycles. The first-order valence-corrected chi connectivity index (χ1v) is 3.76. The lowest BCUT2D eigenvalue weighted by atomic mass is 10.3. The van der Waals surface area contributed by atoms with Crippen LogP contribution >= 0.6 is 34.8 Å². The van der Waals surface area contributed by atoms with Crippen molar-refractivity contribution in [3.8, 4) is 0 Å². The number of carbonyl (C=O) groups excluding carboxylic acids is 1. The largest absolute Gasteiger partial charge is 0.277 e. The molecule has 0 fully saturated rings. The summed E-state index contributed by atoms with van der Waals surface area (Å²) in [5.41, 5.74) is 2.30. The molecule has 0 saturated heterocycles. The molecule has 3 nitrogen and oxygen atoms in total. The molecular weight excluding hydrogens is 210 g/mol. The van der Waals surface area contributed by atoms with E-state index in [0.29, 0.717) is 0 Å². The number of rotatable bonds is 1. The predicted molar refractivity (Wildman–Crippen MR) is 45.0 cm³/mol. The number of alkyl halides is 1. The van der Waals surface area contributed by atoms with Crippen LogP contribution in [0.4, 0.5) is 0 Å². The van der Waals surface area contributed by atoms with E-state index in [9.17, 15) is 4.79 Å². The maximum atomic E-state index is 10.6. The van der Waals surface area contributed by atoms with Gasteiger partial charge in [-0.2, -0.15) is 5.10 Å². The van der Waals surface area contributed by atoms with E-state index in [4.69, 9.17) is 34.8 Å². The number of nitrogens with zero attached hydrogens (tertiary/aromatic N) is 1. The van der Waals surface area contributed by atoms with Crippen LogP contribution in [0.5, 0.6) is 0 Å². The number of nitrogens with one attached hydrogen (secondary N) is 1. The number of carbonyl (C=O) groups is 1. The monoisotopic (exact) mass is 212 g/mol. The minimum atomic E-state index is -1.44. The van der Waals surface area contributed by atoms with Gasteiger partial charge in [0.25, 0.3) is 5.24 Å². The van der Waals surface area contributed by atoms with Gasteiger partial charge in [-0.3, -0.25) is 10.2 Å². The number of halogens is 3. The van der Waals surface area contributed by atoms with E-state index >= 15 is 0 Å². The van der Waals surface area contributed by atoms with E-state index in [0.717, 1.165) is 0 Å². The van der Waals surface area contributed by atoms with Gasteiger partial charge in [0.2, 0.25) is 5.00 Å². The van der Waals surface area contributed by atoms with Crippen LogP contribution in [0.15, 0.2) is 17.3 Å². The van der Waals surface area contributed by atoms with Gasteiger partial charge in [-0.15, -0.1) is 0 Å². The predicted octanol–water partition coefficient (Wildman–Crippen LogP) is 1.40. The molecular formula is C5H3Cl3N2O. The van der Waals surface area contributed by atoms with Crippen molar-refractivity contribution in [1.29, 1.82) is 0 Å². The molecule has 0 aliphatic carbocycles. The standard InChI is InChI=1S/C5H3Cl3N2O/c6-3-1-2-5(8,4(7)11)10-9-3/h1-2,10H. The highest BCUT2D eigenvalue weighted by Gasteiger charge is 2.33. The molecule has 1 unspecified atom stereocenters. The average molecular weight is 213 g/mol. The van der Waals surface area contributed by atoms with Crippen LogP contribution in [0.2, 0.25) is 0 Å². The van der Waals surface area contributed by atoms with Gasteiger partial charge in [0, 0.05) is 0 Å². The molecule has 1 aliphatic rings. The summed E-state index contributed by atoms with van der Waals surface area (Å²) < 4.78 is 0. The van der Waals surface area contributed by atoms with Crippen molar-refractivity contribution in [3.63, 3.8) is 0 Å². The Bertz CT molecular complexity index is 250. The van der Waals surface area contributed by atoms with Gasteiger partial charge in [-0.05, 0) is 23.8 Å². The highest BCUT2D eigenvalue weighted by Crippen LogP contribution is 2.20. The van der Waals surface area contributed by atoms with Crippen molar-refractivity contribution in [3.05, 3.63) is 12.2 Å². The van der Waals surface area contributed by atoms with Crippen molar-refractivity contribution in [2.45, 2.75) is 5.00 Å². The Morgan fingerprint density at radius 1 is 1.73 bits per heavy atom. The topological polar surface area (TPSA) is 41.5 Å². The molecule has 1 atom stereocenters. The summed E-state index contributed by atoms with van der Waals surface area (Å²) in [7, 11) is 0. The highest BCUT2D eigenvalue weighted by atomic mass is 35.5. The Labute approximate surface area is 78.0 Å². The molecule has 11 heavy (non-hydrogen) atoms. The van der Waals surface area contributed by atoms with Crippen LogP contribution in [0, 0.1) is 0 Å². The quantitative estimate of drug-likeness (QED) is 0.406. The van der Waals surface area contributed by atoms with Crippen LogP contribution in [0.1, 0.15) is 0 Å². The second-order valence-corrected chi connectivity index (χ2v) is 3.19. The third-order valence-electron chi connectivity index (χ3n) is 1.06. The Morgan fingerprint density at radius 3 is 2.73 bits per heavy atom. The zero-order valence-electron chi connectivity index (χ0n) is 5.14. The molecule has 0 amide bonds. The van der Waals surface area contributed by atoms with Gasteiger partial charge < -0.3 is 0 Å². The molecule has 1 heterocycles. The number of hydrogen-bond acceptors (Lipinski definition) is 3. The van der Waals surface area contributed by atoms with Gasteiger partial charge in [0.15, 0.2) is 0 Å². The molecule has 0 bridgehead atoms. The summed E-state index contributed by atoms with van der Waals surface area (Å²) in [6.07, 6.45) is 2.73. The minimum Gasteiger partial charge on any atom is -0.277 e. The van der Waals surface area contributed by atoms with E-state index in [1.165, 1.54) is 12.2 Å². The molecule has 0 saturated carbocycles. The summed E-state index contributed by atoms with van der Waals surface area (Å²) in [5, 5.41) is 2.99. The molecule has 0 spiro atoms. The first-order chi connectivity index (χ1) is 5.04. The second-order valence-electron chi connectivity index (χ2n) is 1.87. The van der Waals surface area contributed by atoms with Crippen molar-refractivity contribution in [2.75, 3.05) is 0 Å². The molecule has 0 radical (unpaired) electrons. The fraction of sp³-hybridized carbons (Fsp3) is 0.200. The van der Waals surface area contributed by atoms with Gasteiger partial charge in [-0.1, -0.05) is 23.2 Å². The third-order valence-corrected chi connectivity index (χ3v) is 2.05. The lowest BCUT2D eigenvalue weighted by Crippen LogP contribution is -2.42. The van der Waals surface area contributed by atoms with Crippen LogP contribution in [0.25, 0.3) is 0 Å². The van der Waals surface area contributed by atoms with E-state index in [-0.39, 0.29) is 5.17 Å². The van der Waals surface area contributed by atoms with E-state index in [1.54, 1.807) is 0 Å². The summed E-state index contributed by atoms with van der Waals surface area (Å²) in [6, 6.07) is 0. The van der Waals surface area contributed by atoms with E-state index in [1.807, 2.05) is 0 Å². The van der Waals surface area contributed by atoms with Gasteiger partial charge >= 0.3 is 0 Å². The van der Waals surface area contributed by atoms with Crippen LogP contribution < -0.4 is 5.43 Å². The van der Waals surface area contributed by atoms with E-state index in [2.05, 4.69) is 10.5 Å². The average Bonchev–Trinajstić information content (AvgIpc) is 1.95. The van der Waals surface area contributed by atoms with Gasteiger partial charge in [0.05, 0.1) is 0 Å². The molecule has 60 valence electrons. The third kappa shape index (κ3) is 1.86. The van der Waals surface area contributed by atoms with Crippen LogP contribution in [0.3, 0.4) is 0 Å². The van der Waals surface area contributed by atoms with Gasteiger partial charge in [-0.25, -0.2) is 0 Å². The molecule has 0 aromatic heterocycles. The van der Waals surface area contributed by atoms with Crippen LogP contribution in [-0.4, -0.2) is 15.4 Å². The summed E-state index contributed by atoms with van der Waals surface area (Å²) >= 11 is 16.2. The SMILES string of the molecule is O=C(Cl)C1(Cl)C=CC(Cl)=NN1. The fourth-order valence-electron chi connectivity index (χ4n) is 0.502. The Balaban J connectivity index is 2.82. The zero-order chi connectivity index (χ0) is 8.48. The fourth-order valence-corrected chi connectivity index (χ4v) is 0.818. The molecule has 1 aliphatic heterocycles. The summed E-state index contributed by atoms with van der Waals surface area (Å²) in [4.78, 5) is 9.19. The smallest absolute Gasteiger partial charge is 0.268 e. The number of hydrazone groups is 1. The lowest BCUT2D eigenvalue weighted by Gasteiger charge is -2.20. The second kappa shape index (κ2) is 3.01. The minimum absolute atomic E-state index is 0.221. The Kier molecular flexibility index (Phi) is 2.42. The lowest BCUT2D eigenvalue weighted by molar-refractivity contribution is -0.113. The van der Waals surface area contributed by atoms with Crippen molar-refractivity contribution >= 4 is 45.2 Å². The Morgan fingerprint density at radius 2 is 2.36 bits per heavy atom. The van der Waals surface area contributed by atoms with Crippen molar-refractivity contribution < 1.29 is 4.79 Å². The van der Waals surface area contributed by atoms with Crippen LogP contribution in [-0.2, 0) is 4.79 Å². The van der Waals surface area contributed by atoms with Crippen molar-refractivity contribution in [2.24, 2.45) is 5.10 Å². The summed E-state index contributed by atoms with van der Waals surface area (Å²) in [6.45, 7) is 0. The Hall–Kier alpha value is -0.250. The molecule has 1 N–H and O–H groups in total. The molecule has 1 rings (SSSR count). The maximum Gasteiger partial charge on any atom is 0.268 e. The normalized spacial score (nSPS) is 29.2. The number of allylic oxidation sites excluding steroid dienone is 1. The van der Waals surface area contributed by atoms with E-state index < -0.39 is 10.2 Å².